The standard InChI is InChI=1S/C90H63N9O11S2/c1-49-60-38-39-63-61-26-16-17-28-70(61)97(59-36-33-53(34-37-59)84(103)68-45-79(112(106,107)108)77(110-6)48-75(68)101)82(63)81(60)99(88-92-50(2)91-85(94-88)54-19-10-7-11-20-54)72(49)42-58-25-18-27-62-64-43-66-65-41-57(51-29-31-52(32-30-51)83(102)67-44-78(111(104)105)76(109-5)47-74(67)100)35-40-71(65)98(73(66)46-69(64)90(3,4)80(58)62)89-95-86(55-21-12-8-13-22-55)93-87(96-89)56-23-14-9-15-24-56/h7-48,100-101H,1H2,2-6H3,(H,104,105)(H,106,107,108). The minimum atomic E-state index is -4.87. The van der Waals surface area contributed by atoms with Crippen molar-refractivity contribution in [2.45, 2.75) is 36.0 Å². The Morgan fingerprint density at radius 3 is 1.64 bits per heavy atom. The molecule has 17 aromatic rings. The number of nitrogens with zero attached hydrogens (tertiary/aromatic N) is 9. The second kappa shape index (κ2) is 26.7. The van der Waals surface area contributed by atoms with E-state index in [-0.39, 0.29) is 38.6 Å². The molecule has 546 valence electrons. The predicted octanol–water partition coefficient (Wildman–Crippen LogP) is 16.4. The van der Waals surface area contributed by atoms with Crippen LogP contribution in [0.3, 0.4) is 0 Å². The summed E-state index contributed by atoms with van der Waals surface area (Å²) in [6.45, 7) is 11.3. The van der Waals surface area contributed by atoms with Crippen LogP contribution in [0.1, 0.15) is 68.2 Å². The number of hydrogen-bond acceptors (Lipinski definition) is 15. The number of carbonyl (C=O) groups excluding carboxylic acids is 2. The van der Waals surface area contributed by atoms with Gasteiger partial charge in [0.05, 0.1) is 58.3 Å². The number of ketones is 2. The third-order valence-electron chi connectivity index (χ3n) is 21.0. The van der Waals surface area contributed by atoms with Crippen LogP contribution in [0.2, 0.25) is 0 Å². The van der Waals surface area contributed by atoms with E-state index in [0.29, 0.717) is 51.4 Å². The van der Waals surface area contributed by atoms with Crippen LogP contribution in [0.5, 0.6) is 23.0 Å². The SMILES string of the molecule is C=c1c(=Cc2cccc3c2C(C)(C)c2cc4c(cc2-3)c2cc(-c3ccc(C(=O)c5cc(S(=O)O)c(OC)cc5O)cc3)ccc2n4-c2nc(-c3ccccc3)nc(-c3ccccc3)n2)n(-c2nc(C)nc(-c3ccccc3)n2)c2c1ccc1c3ccccc3n(-c3ccc(C(=O)c4cc(S(=O)(=O)O)c(OC)cc4O)cc3)c12. The van der Waals surface area contributed by atoms with Crippen molar-refractivity contribution in [1.82, 2.24) is 43.6 Å². The van der Waals surface area contributed by atoms with E-state index < -0.39 is 54.6 Å². The molecule has 0 amide bonds. The van der Waals surface area contributed by atoms with Gasteiger partial charge in [-0.2, -0.15) is 28.4 Å². The first-order valence-electron chi connectivity index (χ1n) is 35.5. The molecule has 0 aliphatic heterocycles. The van der Waals surface area contributed by atoms with Gasteiger partial charge >= 0.3 is 0 Å². The first-order chi connectivity index (χ1) is 54.1. The number of benzene rings is 12. The molecule has 0 fully saturated rings. The Morgan fingerprint density at radius 2 is 1.03 bits per heavy atom. The molecule has 112 heavy (non-hydrogen) atoms. The third-order valence-corrected chi connectivity index (χ3v) is 22.6. The number of fused-ring (bicyclic) bond motifs is 11. The van der Waals surface area contributed by atoms with Gasteiger partial charge in [0.1, 0.15) is 38.6 Å². The molecular weight excluding hydrogens is 1450 g/mol. The van der Waals surface area contributed by atoms with E-state index in [2.05, 4.69) is 94.3 Å². The second-order valence-electron chi connectivity index (χ2n) is 27.9. The number of aromatic hydroxyl groups is 2. The Morgan fingerprint density at radius 1 is 0.491 bits per heavy atom. The maximum absolute atomic E-state index is 14.3. The fourth-order valence-electron chi connectivity index (χ4n) is 15.8. The first kappa shape index (κ1) is 69.8. The average molecular weight is 1510 g/mol. The van der Waals surface area contributed by atoms with E-state index in [9.17, 15) is 41.5 Å². The molecule has 0 bridgehead atoms. The highest BCUT2D eigenvalue weighted by Crippen LogP contribution is 2.53. The van der Waals surface area contributed by atoms with E-state index >= 15 is 0 Å². The number of phenols is 2. The number of ether oxygens (including phenoxy) is 2. The van der Waals surface area contributed by atoms with Gasteiger partial charge in [-0.15, -0.1) is 0 Å². The summed E-state index contributed by atoms with van der Waals surface area (Å²) in [7, 11) is -2.38. The monoisotopic (exact) mass is 1510 g/mol. The number of carbonyl (C=O) groups is 2. The Labute approximate surface area is 641 Å². The van der Waals surface area contributed by atoms with Gasteiger partial charge in [-0.25, -0.2) is 14.2 Å². The summed E-state index contributed by atoms with van der Waals surface area (Å²) in [5.74, 6) is 0.0465. The van der Waals surface area contributed by atoms with Crippen LogP contribution < -0.4 is 20.0 Å². The van der Waals surface area contributed by atoms with Gasteiger partial charge in [0, 0.05) is 83.2 Å². The number of aromatic nitrogens is 9. The minimum Gasteiger partial charge on any atom is -0.507 e. The lowest BCUT2D eigenvalue weighted by molar-refractivity contribution is 0.102. The molecule has 22 heteroatoms. The maximum atomic E-state index is 14.3. The van der Waals surface area contributed by atoms with E-state index in [0.717, 1.165) is 128 Å². The number of rotatable bonds is 16. The Bertz CT molecular complexity index is 7090. The number of phenolic OH excluding ortho intramolecular Hbond substituents is 2. The number of hydrogen-bond donors (Lipinski definition) is 4. The molecule has 1 atom stereocenters. The molecule has 1 unspecified atom stereocenters. The van der Waals surface area contributed by atoms with Crippen molar-refractivity contribution < 1.29 is 51.0 Å². The van der Waals surface area contributed by atoms with E-state index in [4.69, 9.17) is 46.0 Å². The van der Waals surface area contributed by atoms with E-state index in [1.165, 1.54) is 20.3 Å². The molecule has 5 aromatic heterocycles. The summed E-state index contributed by atoms with van der Waals surface area (Å²) >= 11 is -2.51. The van der Waals surface area contributed by atoms with Crippen LogP contribution in [0.15, 0.2) is 259 Å². The molecule has 0 saturated carbocycles. The van der Waals surface area contributed by atoms with E-state index in [1.54, 1.807) is 36.4 Å². The molecule has 5 heterocycles. The predicted molar refractivity (Wildman–Crippen MR) is 433 cm³/mol. The topological polar surface area (TPSA) is 277 Å². The second-order valence-corrected chi connectivity index (χ2v) is 30.2. The average Bonchev–Trinajstić information content (AvgIpc) is 1.54. The normalized spacial score (nSPS) is 13.0. The lowest BCUT2D eigenvalue weighted by Gasteiger charge is -2.24. The fourth-order valence-corrected chi connectivity index (χ4v) is 17.0. The number of para-hydroxylation sites is 1. The molecule has 1 aliphatic rings. The Kier molecular flexibility index (Phi) is 16.7. The summed E-state index contributed by atoms with van der Waals surface area (Å²) in [6.07, 6.45) is 2.17. The largest absolute Gasteiger partial charge is 0.507 e. The van der Waals surface area contributed by atoms with Gasteiger partial charge in [-0.3, -0.25) is 23.3 Å². The zero-order valence-corrected chi connectivity index (χ0v) is 62.1. The van der Waals surface area contributed by atoms with Crippen LogP contribution in [-0.4, -0.2) is 101 Å². The summed E-state index contributed by atoms with van der Waals surface area (Å²) < 4.78 is 74.1. The molecule has 4 N–H and O–H groups in total. The lowest BCUT2D eigenvalue weighted by atomic mass is 9.80. The Balaban J connectivity index is 0.840. The van der Waals surface area contributed by atoms with Gasteiger partial charge in [0.25, 0.3) is 10.1 Å². The lowest BCUT2D eigenvalue weighted by Crippen LogP contribution is -2.29. The minimum absolute atomic E-state index is 0.0314. The number of aryl methyl sites for hydroxylation is 1. The maximum Gasteiger partial charge on any atom is 0.298 e. The summed E-state index contributed by atoms with van der Waals surface area (Å²) in [5, 5.41) is 27.8. The molecule has 1 aliphatic carbocycles. The smallest absolute Gasteiger partial charge is 0.298 e. The summed E-state index contributed by atoms with van der Waals surface area (Å²) in [5.41, 5.74) is 12.8. The molecule has 18 rings (SSSR count). The zero-order valence-electron chi connectivity index (χ0n) is 60.4. The van der Waals surface area contributed by atoms with Crippen LogP contribution in [0, 0.1) is 6.92 Å². The fraction of sp³-hybridized carbons (Fsp3) is 0.0667. The van der Waals surface area contributed by atoms with Crippen molar-refractivity contribution in [3.05, 3.63) is 304 Å². The van der Waals surface area contributed by atoms with Crippen molar-refractivity contribution in [2.75, 3.05) is 14.2 Å². The van der Waals surface area contributed by atoms with Gasteiger partial charge in [-0.1, -0.05) is 190 Å². The highest BCUT2D eigenvalue weighted by molar-refractivity contribution is 7.86. The molecular formula is C90H63N9O11S2. The third kappa shape index (κ3) is 11.5. The van der Waals surface area contributed by atoms with Gasteiger partial charge in [0.2, 0.25) is 11.9 Å². The van der Waals surface area contributed by atoms with Gasteiger partial charge in [-0.05, 0) is 119 Å². The Hall–Kier alpha value is -13.9. The molecule has 0 radical (unpaired) electrons. The highest BCUT2D eigenvalue weighted by Gasteiger charge is 2.39. The van der Waals surface area contributed by atoms with E-state index in [1.807, 2.05) is 134 Å². The molecule has 12 aromatic carbocycles. The van der Waals surface area contributed by atoms with Crippen molar-refractivity contribution in [3.63, 3.8) is 0 Å². The van der Waals surface area contributed by atoms with Crippen LogP contribution in [0.25, 0.3) is 141 Å². The summed E-state index contributed by atoms with van der Waals surface area (Å²) in [6, 6.07) is 76.7. The molecule has 0 saturated heterocycles. The van der Waals surface area contributed by atoms with Crippen molar-refractivity contribution >= 4 is 99.9 Å². The van der Waals surface area contributed by atoms with Crippen LogP contribution in [0.4, 0.5) is 0 Å². The quantitative estimate of drug-likeness (QED) is 0.0397. The zero-order chi connectivity index (χ0) is 77.3. The molecule has 0 spiro atoms. The molecule has 20 nitrogen and oxygen atoms in total. The van der Waals surface area contributed by atoms with Crippen molar-refractivity contribution in [2.24, 2.45) is 0 Å². The van der Waals surface area contributed by atoms with Gasteiger partial charge in [0.15, 0.2) is 40.1 Å². The van der Waals surface area contributed by atoms with Crippen molar-refractivity contribution in [3.8, 4) is 97.0 Å². The van der Waals surface area contributed by atoms with Crippen LogP contribution in [-0.2, 0) is 26.6 Å². The number of methoxy groups -OCH3 is 2. The first-order valence-corrected chi connectivity index (χ1v) is 38.1. The van der Waals surface area contributed by atoms with Crippen molar-refractivity contribution in [1.29, 1.82) is 0 Å². The van der Waals surface area contributed by atoms with Gasteiger partial charge < -0.3 is 28.8 Å². The highest BCUT2D eigenvalue weighted by atomic mass is 32.2. The summed E-state index contributed by atoms with van der Waals surface area (Å²) in [4.78, 5) is 58.7. The van der Waals surface area contributed by atoms with Crippen LogP contribution >= 0.6 is 0 Å².